The Morgan fingerprint density at radius 1 is 1.26 bits per heavy atom. The number of aromatic nitrogens is 1. The lowest BCUT2D eigenvalue weighted by molar-refractivity contribution is 0.466. The van der Waals surface area contributed by atoms with E-state index in [4.69, 9.17) is 5.73 Å². The lowest BCUT2D eigenvalue weighted by atomic mass is 10.1. The molecule has 0 radical (unpaired) electrons. The zero-order valence-corrected chi connectivity index (χ0v) is 10.2. The predicted molar refractivity (Wildman–Crippen MR) is 66.9 cm³/mol. The number of nitrogens with zero attached hydrogens (tertiary/aromatic N) is 1. The molecule has 4 nitrogen and oxygen atoms in total. The van der Waals surface area contributed by atoms with Crippen molar-refractivity contribution in [1.82, 2.24) is 4.57 Å². The van der Waals surface area contributed by atoms with Crippen molar-refractivity contribution >= 4 is 5.82 Å². The SMILES string of the molecule is Cn1c(N)cc(O)c(Cc2ccc(F)c(F)c2)c1=O. The van der Waals surface area contributed by atoms with Gasteiger partial charge in [-0.1, -0.05) is 6.07 Å². The molecule has 2 aromatic rings. The van der Waals surface area contributed by atoms with E-state index in [0.29, 0.717) is 5.56 Å². The zero-order valence-electron chi connectivity index (χ0n) is 10.2. The molecule has 3 N–H and O–H groups in total. The van der Waals surface area contributed by atoms with Gasteiger partial charge in [0.25, 0.3) is 5.56 Å². The first-order chi connectivity index (χ1) is 8.90. The highest BCUT2D eigenvalue weighted by Crippen LogP contribution is 2.20. The van der Waals surface area contributed by atoms with E-state index in [2.05, 4.69) is 0 Å². The van der Waals surface area contributed by atoms with Gasteiger partial charge in [-0.15, -0.1) is 0 Å². The third-order valence-corrected chi connectivity index (χ3v) is 2.91. The highest BCUT2D eigenvalue weighted by atomic mass is 19.2. The molecule has 100 valence electrons. The van der Waals surface area contributed by atoms with Gasteiger partial charge in [0.1, 0.15) is 11.6 Å². The number of hydrogen-bond donors (Lipinski definition) is 2. The average molecular weight is 266 g/mol. The Labute approximate surface area is 107 Å². The Kier molecular flexibility index (Phi) is 3.25. The average Bonchev–Trinajstić information content (AvgIpc) is 2.36. The third-order valence-electron chi connectivity index (χ3n) is 2.91. The molecule has 0 saturated heterocycles. The fraction of sp³-hybridized carbons (Fsp3) is 0.154. The normalized spacial score (nSPS) is 10.7. The molecule has 0 fully saturated rings. The molecule has 0 bridgehead atoms. The molecule has 0 atom stereocenters. The fourth-order valence-electron chi connectivity index (χ4n) is 1.77. The van der Waals surface area contributed by atoms with Crippen LogP contribution in [0.3, 0.4) is 0 Å². The molecule has 0 unspecified atom stereocenters. The number of benzene rings is 1. The number of rotatable bonds is 2. The summed E-state index contributed by atoms with van der Waals surface area (Å²) in [5.41, 5.74) is 5.52. The van der Waals surface area contributed by atoms with Gasteiger partial charge in [0, 0.05) is 19.5 Å². The summed E-state index contributed by atoms with van der Waals surface area (Å²) >= 11 is 0. The molecule has 6 heteroatoms. The van der Waals surface area contributed by atoms with Crippen LogP contribution < -0.4 is 11.3 Å². The van der Waals surface area contributed by atoms with Gasteiger partial charge in [0.15, 0.2) is 11.6 Å². The minimum absolute atomic E-state index is 0.00398. The van der Waals surface area contributed by atoms with Crippen LogP contribution in [-0.2, 0) is 13.5 Å². The molecule has 19 heavy (non-hydrogen) atoms. The molecule has 0 spiro atoms. The second-order valence-corrected chi connectivity index (χ2v) is 4.22. The van der Waals surface area contributed by atoms with Gasteiger partial charge in [0.2, 0.25) is 0 Å². The van der Waals surface area contributed by atoms with E-state index in [9.17, 15) is 18.7 Å². The number of aromatic hydroxyl groups is 1. The molecule has 0 aliphatic rings. The highest BCUT2D eigenvalue weighted by molar-refractivity contribution is 5.44. The van der Waals surface area contributed by atoms with Gasteiger partial charge in [-0.25, -0.2) is 8.78 Å². The first-order valence-corrected chi connectivity index (χ1v) is 5.51. The number of halogens is 2. The van der Waals surface area contributed by atoms with Crippen molar-refractivity contribution in [3.63, 3.8) is 0 Å². The monoisotopic (exact) mass is 266 g/mol. The summed E-state index contributed by atoms with van der Waals surface area (Å²) in [5.74, 6) is -2.09. The molecular weight excluding hydrogens is 254 g/mol. The Bertz CT molecular complexity index is 696. The van der Waals surface area contributed by atoms with E-state index < -0.39 is 17.2 Å². The molecule has 0 aliphatic carbocycles. The highest BCUT2D eigenvalue weighted by Gasteiger charge is 2.12. The van der Waals surface area contributed by atoms with Crippen molar-refractivity contribution in [3.05, 3.63) is 57.4 Å². The first kappa shape index (κ1) is 13.1. The topological polar surface area (TPSA) is 68.2 Å². The number of hydrogen-bond acceptors (Lipinski definition) is 3. The molecule has 0 saturated carbocycles. The minimum Gasteiger partial charge on any atom is -0.507 e. The van der Waals surface area contributed by atoms with E-state index >= 15 is 0 Å². The largest absolute Gasteiger partial charge is 0.507 e. The fourth-order valence-corrected chi connectivity index (χ4v) is 1.77. The van der Waals surface area contributed by atoms with Crippen molar-refractivity contribution in [1.29, 1.82) is 0 Å². The van der Waals surface area contributed by atoms with Gasteiger partial charge in [-0.3, -0.25) is 9.36 Å². The summed E-state index contributed by atoms with van der Waals surface area (Å²) in [6.45, 7) is 0. The van der Waals surface area contributed by atoms with E-state index in [0.717, 1.165) is 12.1 Å². The predicted octanol–water partition coefficient (Wildman–Crippen LogP) is 1.54. The van der Waals surface area contributed by atoms with Crippen LogP contribution in [0.1, 0.15) is 11.1 Å². The summed E-state index contributed by atoms with van der Waals surface area (Å²) in [6, 6.07) is 4.57. The Morgan fingerprint density at radius 3 is 2.58 bits per heavy atom. The van der Waals surface area contributed by atoms with E-state index in [1.807, 2.05) is 0 Å². The molecular formula is C13H12F2N2O2. The van der Waals surface area contributed by atoms with Crippen LogP contribution in [0.25, 0.3) is 0 Å². The molecule has 1 aromatic heterocycles. The van der Waals surface area contributed by atoms with Crippen molar-refractivity contribution in [3.8, 4) is 5.75 Å². The maximum Gasteiger partial charge on any atom is 0.259 e. The van der Waals surface area contributed by atoms with Gasteiger partial charge >= 0.3 is 0 Å². The Balaban J connectivity index is 2.47. The number of pyridine rings is 1. The van der Waals surface area contributed by atoms with Crippen LogP contribution in [0, 0.1) is 11.6 Å². The molecule has 1 aromatic carbocycles. The van der Waals surface area contributed by atoms with E-state index in [-0.39, 0.29) is 23.6 Å². The molecule has 1 heterocycles. The second kappa shape index (κ2) is 4.72. The van der Waals surface area contributed by atoms with Gasteiger partial charge in [0.05, 0.1) is 5.56 Å². The van der Waals surface area contributed by atoms with Crippen molar-refractivity contribution < 1.29 is 13.9 Å². The summed E-state index contributed by atoms with van der Waals surface area (Å²) in [4.78, 5) is 11.9. The summed E-state index contributed by atoms with van der Waals surface area (Å²) in [6.07, 6.45) is -0.00398. The van der Waals surface area contributed by atoms with Gasteiger partial charge in [-0.05, 0) is 17.7 Å². The summed E-state index contributed by atoms with van der Waals surface area (Å²) in [5, 5.41) is 9.72. The number of anilines is 1. The molecule has 2 rings (SSSR count). The zero-order chi connectivity index (χ0) is 14.2. The molecule has 0 amide bonds. The van der Waals surface area contributed by atoms with Crippen LogP contribution in [0.5, 0.6) is 5.75 Å². The van der Waals surface area contributed by atoms with Gasteiger partial charge < -0.3 is 10.8 Å². The smallest absolute Gasteiger partial charge is 0.259 e. The quantitative estimate of drug-likeness (QED) is 0.866. The van der Waals surface area contributed by atoms with Crippen molar-refractivity contribution in [2.45, 2.75) is 6.42 Å². The minimum atomic E-state index is -0.996. The Morgan fingerprint density at radius 2 is 1.95 bits per heavy atom. The van der Waals surface area contributed by atoms with Crippen molar-refractivity contribution in [2.75, 3.05) is 5.73 Å². The van der Waals surface area contributed by atoms with Crippen LogP contribution >= 0.6 is 0 Å². The van der Waals surface area contributed by atoms with Crippen LogP contribution in [0.4, 0.5) is 14.6 Å². The second-order valence-electron chi connectivity index (χ2n) is 4.22. The van der Waals surface area contributed by atoms with Gasteiger partial charge in [-0.2, -0.15) is 0 Å². The van der Waals surface area contributed by atoms with Crippen LogP contribution in [-0.4, -0.2) is 9.67 Å². The van der Waals surface area contributed by atoms with E-state index in [1.165, 1.54) is 23.7 Å². The van der Waals surface area contributed by atoms with Crippen LogP contribution in [0.15, 0.2) is 29.1 Å². The third kappa shape index (κ3) is 2.42. The summed E-state index contributed by atoms with van der Waals surface area (Å²) < 4.78 is 27.1. The molecule has 0 aliphatic heterocycles. The number of nitrogens with two attached hydrogens (primary N) is 1. The standard InChI is InChI=1S/C13H12F2N2O2/c1-17-12(16)6-11(18)8(13(17)19)4-7-2-3-9(14)10(15)5-7/h2-3,5-6,18H,4,16H2,1H3. The van der Waals surface area contributed by atoms with Crippen LogP contribution in [0.2, 0.25) is 0 Å². The maximum atomic E-state index is 13.1. The Hall–Kier alpha value is -2.37. The lowest BCUT2D eigenvalue weighted by Gasteiger charge is -2.09. The maximum absolute atomic E-state index is 13.1. The van der Waals surface area contributed by atoms with Crippen molar-refractivity contribution in [2.24, 2.45) is 7.05 Å². The van der Waals surface area contributed by atoms with E-state index in [1.54, 1.807) is 0 Å². The summed E-state index contributed by atoms with van der Waals surface area (Å²) in [7, 11) is 1.46. The first-order valence-electron chi connectivity index (χ1n) is 5.51. The lowest BCUT2D eigenvalue weighted by Crippen LogP contribution is -2.23. The number of nitrogen functional groups attached to an aromatic ring is 1.